The molecule has 0 N–H and O–H groups in total. The fraction of sp³-hybridized carbons (Fsp3) is 0.381. The molecule has 5 heteroatoms. The average Bonchev–Trinajstić information content (AvgIpc) is 3.08. The summed E-state index contributed by atoms with van der Waals surface area (Å²) in [7, 11) is 1.71. The van der Waals surface area contributed by atoms with Crippen molar-refractivity contribution in [1.29, 1.82) is 0 Å². The summed E-state index contributed by atoms with van der Waals surface area (Å²) >= 11 is 1.85. The molecule has 1 aliphatic heterocycles. The molecule has 1 aromatic carbocycles. The molecule has 0 aliphatic carbocycles. The van der Waals surface area contributed by atoms with Gasteiger partial charge in [-0.25, -0.2) is 4.98 Å². The Morgan fingerprint density at radius 2 is 1.81 bits per heavy atom. The van der Waals surface area contributed by atoms with Crippen molar-refractivity contribution in [3.05, 3.63) is 58.4 Å². The average molecular weight is 368 g/mol. The minimum absolute atomic E-state index is 0.849. The van der Waals surface area contributed by atoms with Gasteiger partial charge in [-0.2, -0.15) is 0 Å². The van der Waals surface area contributed by atoms with Gasteiger partial charge in [0.05, 0.1) is 12.8 Å². The van der Waals surface area contributed by atoms with Gasteiger partial charge >= 0.3 is 0 Å². The number of rotatable bonds is 5. The summed E-state index contributed by atoms with van der Waals surface area (Å²) in [6.45, 7) is 6.50. The second-order valence-electron chi connectivity index (χ2n) is 6.82. The van der Waals surface area contributed by atoms with Crippen molar-refractivity contribution < 1.29 is 4.74 Å². The first kappa shape index (κ1) is 17.5. The lowest BCUT2D eigenvalue weighted by Gasteiger charge is -2.21. The summed E-state index contributed by atoms with van der Waals surface area (Å²) in [5, 5.41) is 3.30. The van der Waals surface area contributed by atoms with E-state index in [0.717, 1.165) is 55.1 Å². The molecule has 4 nitrogen and oxygen atoms in total. The fourth-order valence-electron chi connectivity index (χ4n) is 3.61. The lowest BCUT2D eigenvalue weighted by atomic mass is 10.2. The van der Waals surface area contributed by atoms with Crippen LogP contribution in [-0.4, -0.2) is 48.1 Å². The number of nitrogens with zero attached hydrogens (tertiary/aromatic N) is 3. The van der Waals surface area contributed by atoms with E-state index in [4.69, 9.17) is 9.72 Å². The van der Waals surface area contributed by atoms with Gasteiger partial charge in [0.2, 0.25) is 0 Å². The van der Waals surface area contributed by atoms with Crippen LogP contribution in [0.1, 0.15) is 17.0 Å². The molecule has 0 spiro atoms. The van der Waals surface area contributed by atoms with Crippen molar-refractivity contribution in [2.24, 2.45) is 0 Å². The van der Waals surface area contributed by atoms with E-state index in [1.807, 2.05) is 23.5 Å². The fourth-order valence-corrected chi connectivity index (χ4v) is 4.35. The normalized spacial score (nSPS) is 16.7. The van der Waals surface area contributed by atoms with Gasteiger partial charge < -0.3 is 4.74 Å². The number of methoxy groups -OCH3 is 1. The number of para-hydroxylation sites is 1. The molecule has 1 fully saturated rings. The van der Waals surface area contributed by atoms with Crippen LogP contribution in [0.2, 0.25) is 0 Å². The zero-order chi connectivity index (χ0) is 17.8. The summed E-state index contributed by atoms with van der Waals surface area (Å²) in [4.78, 5) is 11.4. The van der Waals surface area contributed by atoms with E-state index in [-0.39, 0.29) is 0 Å². The first-order valence-electron chi connectivity index (χ1n) is 9.21. The van der Waals surface area contributed by atoms with Gasteiger partial charge in [0, 0.05) is 36.4 Å². The molecular formula is C21H25N3OS. The molecule has 0 bridgehead atoms. The van der Waals surface area contributed by atoms with E-state index < -0.39 is 0 Å². The highest BCUT2D eigenvalue weighted by Crippen LogP contribution is 2.24. The standard InChI is InChI=1S/C21H25N3OS/c1-25-20-7-2-5-17-8-9-18(22-21(17)20)15-23-10-4-11-24(13-12-23)16-19-6-3-14-26-19/h2-3,5-9,14H,4,10-13,15-16H2,1H3. The van der Waals surface area contributed by atoms with Gasteiger partial charge in [0.1, 0.15) is 11.3 Å². The Kier molecular flexibility index (Phi) is 5.48. The highest BCUT2D eigenvalue weighted by Gasteiger charge is 2.16. The number of hydrogen-bond donors (Lipinski definition) is 0. The van der Waals surface area contributed by atoms with Crippen LogP contribution in [0.3, 0.4) is 0 Å². The number of thiophene rings is 1. The van der Waals surface area contributed by atoms with Crippen LogP contribution in [0, 0.1) is 0 Å². The number of aromatic nitrogens is 1. The first-order chi connectivity index (χ1) is 12.8. The van der Waals surface area contributed by atoms with E-state index in [1.165, 1.54) is 17.8 Å². The predicted molar refractivity (Wildman–Crippen MR) is 108 cm³/mol. The monoisotopic (exact) mass is 367 g/mol. The van der Waals surface area contributed by atoms with Gasteiger partial charge in [-0.15, -0.1) is 11.3 Å². The molecule has 0 radical (unpaired) electrons. The number of benzene rings is 1. The lowest BCUT2D eigenvalue weighted by molar-refractivity contribution is 0.247. The summed E-state index contributed by atoms with van der Waals surface area (Å²) in [5.41, 5.74) is 2.08. The van der Waals surface area contributed by atoms with Gasteiger partial charge in [0.25, 0.3) is 0 Å². The first-order valence-corrected chi connectivity index (χ1v) is 10.1. The van der Waals surface area contributed by atoms with E-state index in [2.05, 4.69) is 45.5 Å². The Balaban J connectivity index is 1.41. The second kappa shape index (κ2) is 8.16. The van der Waals surface area contributed by atoms with Gasteiger partial charge in [-0.1, -0.05) is 24.3 Å². The van der Waals surface area contributed by atoms with Crippen LogP contribution in [0.5, 0.6) is 5.75 Å². The molecule has 0 amide bonds. The highest BCUT2D eigenvalue weighted by molar-refractivity contribution is 7.09. The molecule has 0 saturated carbocycles. The maximum Gasteiger partial charge on any atom is 0.145 e. The number of fused-ring (bicyclic) bond motifs is 1. The second-order valence-corrected chi connectivity index (χ2v) is 7.85. The van der Waals surface area contributed by atoms with E-state index in [1.54, 1.807) is 7.11 Å². The predicted octanol–water partition coefficient (Wildman–Crippen LogP) is 4.01. The maximum absolute atomic E-state index is 5.47. The summed E-state index contributed by atoms with van der Waals surface area (Å²) in [5.74, 6) is 0.849. The van der Waals surface area contributed by atoms with Crippen LogP contribution < -0.4 is 4.74 Å². The van der Waals surface area contributed by atoms with Gasteiger partial charge in [-0.3, -0.25) is 9.80 Å². The Bertz CT molecular complexity index is 850. The van der Waals surface area contributed by atoms with Crippen molar-refractivity contribution >= 4 is 22.2 Å². The van der Waals surface area contributed by atoms with Crippen LogP contribution in [-0.2, 0) is 13.1 Å². The van der Waals surface area contributed by atoms with Crippen LogP contribution in [0.4, 0.5) is 0 Å². The summed E-state index contributed by atoms with van der Waals surface area (Å²) in [6.07, 6.45) is 1.21. The van der Waals surface area contributed by atoms with Crippen molar-refractivity contribution in [3.8, 4) is 5.75 Å². The Hall–Kier alpha value is -1.95. The third-order valence-corrected chi connectivity index (χ3v) is 5.85. The summed E-state index contributed by atoms with van der Waals surface area (Å²) < 4.78 is 5.47. The van der Waals surface area contributed by atoms with Crippen LogP contribution in [0.15, 0.2) is 47.8 Å². The molecule has 136 valence electrons. The smallest absolute Gasteiger partial charge is 0.145 e. The molecule has 3 heterocycles. The molecule has 0 atom stereocenters. The SMILES string of the molecule is COc1cccc2ccc(CN3CCCN(Cc4cccs4)CC3)nc12. The largest absolute Gasteiger partial charge is 0.494 e. The molecule has 26 heavy (non-hydrogen) atoms. The summed E-state index contributed by atoms with van der Waals surface area (Å²) in [6, 6.07) is 14.8. The van der Waals surface area contributed by atoms with Crippen LogP contribution in [0.25, 0.3) is 10.9 Å². The van der Waals surface area contributed by atoms with Crippen molar-refractivity contribution in [3.63, 3.8) is 0 Å². The molecule has 0 unspecified atom stereocenters. The quantitative estimate of drug-likeness (QED) is 0.681. The number of ether oxygens (including phenoxy) is 1. The lowest BCUT2D eigenvalue weighted by Crippen LogP contribution is -2.30. The third kappa shape index (κ3) is 4.06. The van der Waals surface area contributed by atoms with E-state index >= 15 is 0 Å². The molecule has 4 rings (SSSR count). The zero-order valence-corrected chi connectivity index (χ0v) is 16.0. The minimum atomic E-state index is 0.849. The molecule has 1 saturated heterocycles. The van der Waals surface area contributed by atoms with Crippen LogP contribution >= 0.6 is 11.3 Å². The number of pyridine rings is 1. The van der Waals surface area contributed by atoms with E-state index in [0.29, 0.717) is 0 Å². The topological polar surface area (TPSA) is 28.6 Å². The zero-order valence-electron chi connectivity index (χ0n) is 15.2. The molecule has 2 aromatic heterocycles. The minimum Gasteiger partial charge on any atom is -0.494 e. The molecule has 1 aliphatic rings. The molecule has 3 aromatic rings. The number of hydrogen-bond acceptors (Lipinski definition) is 5. The maximum atomic E-state index is 5.47. The van der Waals surface area contributed by atoms with E-state index in [9.17, 15) is 0 Å². The van der Waals surface area contributed by atoms with Gasteiger partial charge in [-0.05, 0) is 43.1 Å². The Labute approximate surface area is 159 Å². The van der Waals surface area contributed by atoms with Gasteiger partial charge in [0.15, 0.2) is 0 Å². The Morgan fingerprint density at radius 3 is 2.58 bits per heavy atom. The highest BCUT2D eigenvalue weighted by atomic mass is 32.1. The van der Waals surface area contributed by atoms with Crippen molar-refractivity contribution in [2.75, 3.05) is 33.3 Å². The third-order valence-electron chi connectivity index (χ3n) is 4.99. The van der Waals surface area contributed by atoms with Crippen molar-refractivity contribution in [1.82, 2.24) is 14.8 Å². The van der Waals surface area contributed by atoms with Crippen molar-refractivity contribution in [2.45, 2.75) is 19.5 Å². The Morgan fingerprint density at radius 1 is 0.962 bits per heavy atom. The molecular weight excluding hydrogens is 342 g/mol.